The van der Waals surface area contributed by atoms with Gasteiger partial charge in [0.1, 0.15) is 22.2 Å². The van der Waals surface area contributed by atoms with Crippen molar-refractivity contribution in [3.05, 3.63) is 10.7 Å². The fraction of sp³-hybridized carbons (Fsp3) is 0.688. The standard InChI is InChI=1S/C16H23ClN4O2S/c1-16(2,3)23-15(22)20(4)9-11-6-5-7-21(10-11)14-12(8-18)13(17)19-24-14/h11H,5-7,9-10H2,1-4H3. The van der Waals surface area contributed by atoms with Crippen LogP contribution in [-0.4, -0.2) is 47.6 Å². The van der Waals surface area contributed by atoms with Crippen LogP contribution in [0.1, 0.15) is 39.2 Å². The molecule has 0 N–H and O–H groups in total. The van der Waals surface area contributed by atoms with E-state index in [1.807, 2.05) is 20.8 Å². The Balaban J connectivity index is 1.98. The number of nitriles is 1. The molecule has 132 valence electrons. The van der Waals surface area contributed by atoms with E-state index < -0.39 is 5.60 Å². The lowest BCUT2D eigenvalue weighted by molar-refractivity contribution is 0.0269. The summed E-state index contributed by atoms with van der Waals surface area (Å²) in [4.78, 5) is 15.9. The molecule has 0 radical (unpaired) electrons. The van der Waals surface area contributed by atoms with Gasteiger partial charge >= 0.3 is 6.09 Å². The minimum atomic E-state index is -0.495. The maximum atomic E-state index is 12.1. The van der Waals surface area contributed by atoms with Gasteiger partial charge in [0.2, 0.25) is 0 Å². The van der Waals surface area contributed by atoms with Gasteiger partial charge < -0.3 is 14.5 Å². The van der Waals surface area contributed by atoms with Crippen molar-refractivity contribution in [2.24, 2.45) is 5.92 Å². The highest BCUT2D eigenvalue weighted by atomic mass is 35.5. The number of hydrogen-bond donors (Lipinski definition) is 0. The summed E-state index contributed by atoms with van der Waals surface area (Å²) in [7, 11) is 1.76. The molecule has 6 nitrogen and oxygen atoms in total. The normalized spacial score (nSPS) is 18.2. The number of aromatic nitrogens is 1. The van der Waals surface area contributed by atoms with Crippen molar-refractivity contribution in [2.75, 3.05) is 31.6 Å². The Hall–Kier alpha value is -1.52. The van der Waals surface area contributed by atoms with Gasteiger partial charge in [0, 0.05) is 26.7 Å². The van der Waals surface area contributed by atoms with Crippen molar-refractivity contribution < 1.29 is 9.53 Å². The van der Waals surface area contributed by atoms with Crippen molar-refractivity contribution >= 4 is 34.2 Å². The molecule has 1 aliphatic rings. The molecule has 1 atom stereocenters. The van der Waals surface area contributed by atoms with Gasteiger partial charge in [-0.25, -0.2) is 4.79 Å². The highest BCUT2D eigenvalue weighted by Gasteiger charge is 2.28. The molecule has 1 aromatic rings. The molecule has 1 unspecified atom stereocenters. The molecule has 0 bridgehead atoms. The lowest BCUT2D eigenvalue weighted by Gasteiger charge is -2.35. The summed E-state index contributed by atoms with van der Waals surface area (Å²) in [6, 6.07) is 2.13. The fourth-order valence-electron chi connectivity index (χ4n) is 2.77. The summed E-state index contributed by atoms with van der Waals surface area (Å²) in [5, 5.41) is 10.3. The van der Waals surface area contributed by atoms with Crippen molar-refractivity contribution in [3.8, 4) is 6.07 Å². The molecule has 0 saturated carbocycles. The summed E-state index contributed by atoms with van der Waals surface area (Å²) < 4.78 is 9.47. The first-order valence-corrected chi connectivity index (χ1v) is 9.10. The summed E-state index contributed by atoms with van der Waals surface area (Å²) in [6.45, 7) is 7.86. The number of anilines is 1. The molecular weight excluding hydrogens is 348 g/mol. The molecule has 1 aliphatic heterocycles. The average molecular weight is 371 g/mol. The average Bonchev–Trinajstić information content (AvgIpc) is 2.86. The fourth-order valence-corrected chi connectivity index (χ4v) is 3.84. The number of halogens is 1. The van der Waals surface area contributed by atoms with E-state index in [4.69, 9.17) is 16.3 Å². The second-order valence-electron chi connectivity index (χ2n) is 7.08. The topological polar surface area (TPSA) is 69.5 Å². The van der Waals surface area contributed by atoms with E-state index >= 15 is 0 Å². The van der Waals surface area contributed by atoms with E-state index in [0.29, 0.717) is 18.0 Å². The van der Waals surface area contributed by atoms with Crippen LogP contribution in [0.5, 0.6) is 0 Å². The number of carbonyl (C=O) groups excluding carboxylic acids is 1. The Morgan fingerprint density at radius 2 is 2.29 bits per heavy atom. The number of piperidine rings is 1. The summed E-state index contributed by atoms with van der Waals surface area (Å²) in [6.07, 6.45) is 1.74. The quantitative estimate of drug-likeness (QED) is 0.810. The van der Waals surface area contributed by atoms with Gasteiger partial charge in [0.25, 0.3) is 0 Å². The van der Waals surface area contributed by atoms with Crippen LogP contribution in [-0.2, 0) is 4.74 Å². The SMILES string of the molecule is CN(CC1CCCN(c2snc(Cl)c2C#N)C1)C(=O)OC(C)(C)C. The maximum Gasteiger partial charge on any atom is 0.410 e. The third kappa shape index (κ3) is 4.74. The molecule has 8 heteroatoms. The minimum Gasteiger partial charge on any atom is -0.444 e. The molecule has 2 heterocycles. The van der Waals surface area contributed by atoms with E-state index in [-0.39, 0.29) is 11.2 Å². The summed E-state index contributed by atoms with van der Waals surface area (Å²) >= 11 is 7.23. The van der Waals surface area contributed by atoms with Crippen molar-refractivity contribution in [2.45, 2.75) is 39.2 Å². The second-order valence-corrected chi connectivity index (χ2v) is 8.19. The molecule has 2 rings (SSSR count). The van der Waals surface area contributed by atoms with Crippen LogP contribution >= 0.6 is 23.1 Å². The van der Waals surface area contributed by atoms with Gasteiger partial charge in [0.15, 0.2) is 5.15 Å². The number of nitrogens with zero attached hydrogens (tertiary/aromatic N) is 4. The van der Waals surface area contributed by atoms with Crippen LogP contribution in [0.15, 0.2) is 0 Å². The number of ether oxygens (including phenoxy) is 1. The third-order valence-electron chi connectivity index (χ3n) is 3.79. The summed E-state index contributed by atoms with van der Waals surface area (Å²) in [5.41, 5.74) is -0.0480. The van der Waals surface area contributed by atoms with Crippen LogP contribution in [0.3, 0.4) is 0 Å². The molecule has 1 saturated heterocycles. The number of hydrogen-bond acceptors (Lipinski definition) is 6. The maximum absolute atomic E-state index is 12.1. The Bertz CT molecular complexity index is 635. The predicted octanol–water partition coefficient (Wildman–Crippen LogP) is 3.75. The van der Waals surface area contributed by atoms with Gasteiger partial charge in [-0.05, 0) is 51.1 Å². The van der Waals surface area contributed by atoms with Gasteiger partial charge in [-0.15, -0.1) is 0 Å². The molecule has 0 aromatic carbocycles. The zero-order chi connectivity index (χ0) is 17.9. The molecule has 1 aromatic heterocycles. The predicted molar refractivity (Wildman–Crippen MR) is 95.6 cm³/mol. The van der Waals surface area contributed by atoms with Crippen molar-refractivity contribution in [1.82, 2.24) is 9.27 Å². The van der Waals surface area contributed by atoms with Crippen LogP contribution in [0.2, 0.25) is 5.15 Å². The Morgan fingerprint density at radius 1 is 1.58 bits per heavy atom. The monoisotopic (exact) mass is 370 g/mol. The molecule has 0 aliphatic carbocycles. The smallest absolute Gasteiger partial charge is 0.410 e. The van der Waals surface area contributed by atoms with Crippen molar-refractivity contribution in [1.29, 1.82) is 5.26 Å². The molecule has 0 spiro atoms. The minimum absolute atomic E-state index is 0.269. The lowest BCUT2D eigenvalue weighted by Crippen LogP contribution is -2.43. The first kappa shape index (κ1) is 18.8. The molecule has 1 amide bonds. The van der Waals surface area contributed by atoms with E-state index in [1.54, 1.807) is 11.9 Å². The van der Waals surface area contributed by atoms with Crippen LogP contribution in [0, 0.1) is 17.2 Å². The Morgan fingerprint density at radius 3 is 2.92 bits per heavy atom. The molecule has 1 fully saturated rings. The number of amides is 1. The van der Waals surface area contributed by atoms with Gasteiger partial charge in [0.05, 0.1) is 0 Å². The van der Waals surface area contributed by atoms with E-state index in [2.05, 4.69) is 15.3 Å². The van der Waals surface area contributed by atoms with E-state index in [0.717, 1.165) is 30.9 Å². The Labute approximate surface area is 152 Å². The van der Waals surface area contributed by atoms with Crippen LogP contribution in [0.25, 0.3) is 0 Å². The van der Waals surface area contributed by atoms with Crippen LogP contribution in [0.4, 0.5) is 9.80 Å². The highest BCUT2D eigenvalue weighted by Crippen LogP contribution is 2.34. The van der Waals surface area contributed by atoms with E-state index in [9.17, 15) is 10.1 Å². The van der Waals surface area contributed by atoms with Gasteiger partial charge in [-0.2, -0.15) is 9.64 Å². The Kier molecular flexibility index (Phi) is 5.94. The van der Waals surface area contributed by atoms with Gasteiger partial charge in [-0.1, -0.05) is 11.6 Å². The number of carbonyl (C=O) groups is 1. The van der Waals surface area contributed by atoms with Crippen molar-refractivity contribution in [3.63, 3.8) is 0 Å². The molecule has 24 heavy (non-hydrogen) atoms. The number of rotatable bonds is 3. The highest BCUT2D eigenvalue weighted by molar-refractivity contribution is 7.10. The van der Waals surface area contributed by atoms with Crippen LogP contribution < -0.4 is 4.90 Å². The largest absolute Gasteiger partial charge is 0.444 e. The molecular formula is C16H23ClN4O2S. The van der Waals surface area contributed by atoms with E-state index in [1.165, 1.54) is 11.5 Å². The zero-order valence-electron chi connectivity index (χ0n) is 14.5. The zero-order valence-corrected chi connectivity index (χ0v) is 16.1. The lowest BCUT2D eigenvalue weighted by atomic mass is 9.97. The third-order valence-corrected chi connectivity index (χ3v) is 5.07. The first-order valence-electron chi connectivity index (χ1n) is 7.95. The first-order chi connectivity index (χ1) is 11.2. The second kappa shape index (κ2) is 7.58. The summed E-state index contributed by atoms with van der Waals surface area (Å²) in [5.74, 6) is 0.323. The van der Waals surface area contributed by atoms with Gasteiger partial charge in [-0.3, -0.25) is 0 Å².